The third kappa shape index (κ3) is 2.95. The predicted molar refractivity (Wildman–Crippen MR) is 123 cm³/mol. The molecular formula is C23H18ClN5S. The highest BCUT2D eigenvalue weighted by molar-refractivity contribution is 7.13. The number of hydrogen-bond donors (Lipinski definition) is 1. The van der Waals surface area contributed by atoms with Crippen LogP contribution in [-0.4, -0.2) is 19.4 Å². The van der Waals surface area contributed by atoms with E-state index < -0.39 is 0 Å². The fraction of sp³-hybridized carbons (Fsp3) is 0.174. The molecule has 1 N–H and O–H groups in total. The molecule has 0 aliphatic heterocycles. The SMILES string of the molecule is Clc1cc2ccc(-c3cccs3)nc2cc1Nc1nccn2c(C3CCC3)ncc12. The lowest BCUT2D eigenvalue weighted by molar-refractivity contribution is 0.400. The average Bonchev–Trinajstić information content (AvgIpc) is 3.38. The second-order valence-electron chi connectivity index (χ2n) is 7.60. The number of thiophene rings is 1. The van der Waals surface area contributed by atoms with Gasteiger partial charge in [-0.25, -0.2) is 15.0 Å². The lowest BCUT2D eigenvalue weighted by Gasteiger charge is -2.24. The Balaban J connectivity index is 1.41. The molecule has 148 valence electrons. The predicted octanol–water partition coefficient (Wildman–Crippen LogP) is 6.67. The smallest absolute Gasteiger partial charge is 0.156 e. The summed E-state index contributed by atoms with van der Waals surface area (Å²) >= 11 is 8.28. The quantitative estimate of drug-likeness (QED) is 0.345. The van der Waals surface area contributed by atoms with Gasteiger partial charge in [-0.05, 0) is 42.5 Å². The number of nitrogens with one attached hydrogen (secondary N) is 1. The van der Waals surface area contributed by atoms with Crippen LogP contribution in [0.25, 0.3) is 27.0 Å². The maximum Gasteiger partial charge on any atom is 0.156 e. The second-order valence-corrected chi connectivity index (χ2v) is 8.95. The molecule has 4 aromatic heterocycles. The van der Waals surface area contributed by atoms with Crippen molar-refractivity contribution in [3.63, 3.8) is 0 Å². The lowest BCUT2D eigenvalue weighted by atomic mass is 9.85. The van der Waals surface area contributed by atoms with Gasteiger partial charge in [-0.3, -0.25) is 4.40 Å². The first-order valence-corrected chi connectivity index (χ1v) is 11.3. The standard InChI is InChI=1S/C23H18ClN5S/c24-16-11-15-6-7-17(21-5-2-10-30-21)27-18(15)12-19(16)28-22-20-13-26-23(14-3-1-4-14)29(20)9-8-25-22/h2,5-14H,1,3-4H2,(H,25,28). The van der Waals surface area contributed by atoms with Crippen molar-refractivity contribution in [2.24, 2.45) is 0 Å². The molecule has 0 saturated heterocycles. The molecule has 1 aliphatic rings. The fourth-order valence-corrected chi connectivity index (χ4v) is 4.86. The van der Waals surface area contributed by atoms with Gasteiger partial charge in [0.25, 0.3) is 0 Å². The largest absolute Gasteiger partial charge is 0.337 e. The summed E-state index contributed by atoms with van der Waals surface area (Å²) < 4.78 is 2.14. The Hall–Kier alpha value is -2.96. The fourth-order valence-electron chi connectivity index (χ4n) is 3.94. The summed E-state index contributed by atoms with van der Waals surface area (Å²) in [7, 11) is 0. The van der Waals surface area contributed by atoms with Crippen LogP contribution in [0.2, 0.25) is 5.02 Å². The van der Waals surface area contributed by atoms with Crippen molar-refractivity contribution in [1.82, 2.24) is 19.4 Å². The molecule has 7 heteroatoms. The highest BCUT2D eigenvalue weighted by Crippen LogP contribution is 2.37. The van der Waals surface area contributed by atoms with Crippen LogP contribution in [0.15, 0.2) is 60.4 Å². The first-order valence-electron chi connectivity index (χ1n) is 9.99. The molecule has 1 aromatic carbocycles. The molecule has 30 heavy (non-hydrogen) atoms. The first kappa shape index (κ1) is 17.9. The maximum absolute atomic E-state index is 6.59. The molecule has 4 heterocycles. The van der Waals surface area contributed by atoms with Crippen molar-refractivity contribution in [2.75, 3.05) is 5.32 Å². The number of hydrogen-bond acceptors (Lipinski definition) is 5. The number of nitrogens with zero attached hydrogens (tertiary/aromatic N) is 4. The van der Waals surface area contributed by atoms with E-state index in [4.69, 9.17) is 16.6 Å². The zero-order valence-corrected chi connectivity index (χ0v) is 17.6. The van der Waals surface area contributed by atoms with Gasteiger partial charge >= 0.3 is 0 Å². The van der Waals surface area contributed by atoms with Crippen molar-refractivity contribution in [1.29, 1.82) is 0 Å². The number of halogens is 1. The Morgan fingerprint density at radius 2 is 2.07 bits per heavy atom. The van der Waals surface area contributed by atoms with E-state index in [0.29, 0.717) is 10.9 Å². The molecule has 5 nitrogen and oxygen atoms in total. The summed E-state index contributed by atoms with van der Waals surface area (Å²) in [5.74, 6) is 2.41. The van der Waals surface area contributed by atoms with E-state index in [-0.39, 0.29) is 0 Å². The summed E-state index contributed by atoms with van der Waals surface area (Å²) in [6.07, 6.45) is 9.38. The minimum absolute atomic E-state index is 0.548. The number of rotatable bonds is 4. The third-order valence-electron chi connectivity index (χ3n) is 5.76. The highest BCUT2D eigenvalue weighted by Gasteiger charge is 2.24. The summed E-state index contributed by atoms with van der Waals surface area (Å²) in [6, 6.07) is 12.2. The Kier molecular flexibility index (Phi) is 4.21. The van der Waals surface area contributed by atoms with Crippen molar-refractivity contribution >= 4 is 50.9 Å². The van der Waals surface area contributed by atoms with Crippen LogP contribution in [0.5, 0.6) is 0 Å². The second kappa shape index (κ2) is 7.07. The van der Waals surface area contributed by atoms with Crippen LogP contribution < -0.4 is 5.32 Å². The number of aromatic nitrogens is 4. The maximum atomic E-state index is 6.59. The number of imidazole rings is 1. The van der Waals surface area contributed by atoms with Gasteiger partial charge < -0.3 is 5.32 Å². The van der Waals surface area contributed by atoms with Crippen molar-refractivity contribution < 1.29 is 0 Å². The van der Waals surface area contributed by atoms with Gasteiger partial charge in [-0.1, -0.05) is 30.2 Å². The van der Waals surface area contributed by atoms with Crippen LogP contribution in [-0.2, 0) is 0 Å². The van der Waals surface area contributed by atoms with Crippen LogP contribution in [0.1, 0.15) is 31.0 Å². The van der Waals surface area contributed by atoms with E-state index in [1.807, 2.05) is 36.7 Å². The van der Waals surface area contributed by atoms with Crippen LogP contribution >= 0.6 is 22.9 Å². The van der Waals surface area contributed by atoms with Gasteiger partial charge in [0.05, 0.1) is 33.0 Å². The van der Waals surface area contributed by atoms with Crippen LogP contribution in [0.4, 0.5) is 11.5 Å². The van der Waals surface area contributed by atoms with Crippen molar-refractivity contribution in [2.45, 2.75) is 25.2 Å². The molecule has 1 saturated carbocycles. The zero-order chi connectivity index (χ0) is 20.1. The molecule has 0 amide bonds. The summed E-state index contributed by atoms with van der Waals surface area (Å²) in [5, 5.41) is 7.11. The Bertz CT molecular complexity index is 1370. The Labute approximate surface area is 182 Å². The van der Waals surface area contributed by atoms with E-state index in [0.717, 1.165) is 44.3 Å². The molecule has 0 radical (unpaired) electrons. The summed E-state index contributed by atoms with van der Waals surface area (Å²) in [4.78, 5) is 15.2. The van der Waals surface area contributed by atoms with Crippen molar-refractivity contribution in [3.8, 4) is 10.6 Å². The molecule has 0 spiro atoms. The van der Waals surface area contributed by atoms with Crippen LogP contribution in [0.3, 0.4) is 0 Å². The van der Waals surface area contributed by atoms with Gasteiger partial charge in [0, 0.05) is 23.7 Å². The van der Waals surface area contributed by atoms with Gasteiger partial charge in [0.1, 0.15) is 11.3 Å². The van der Waals surface area contributed by atoms with Crippen molar-refractivity contribution in [3.05, 3.63) is 71.2 Å². The van der Waals surface area contributed by atoms with Gasteiger partial charge in [0.2, 0.25) is 0 Å². The van der Waals surface area contributed by atoms with E-state index in [9.17, 15) is 0 Å². The average molecular weight is 432 g/mol. The van der Waals surface area contributed by atoms with Gasteiger partial charge in [-0.15, -0.1) is 11.3 Å². The summed E-state index contributed by atoms with van der Waals surface area (Å²) in [6.45, 7) is 0. The van der Waals surface area contributed by atoms with E-state index in [1.54, 1.807) is 17.5 Å². The van der Waals surface area contributed by atoms with E-state index in [1.165, 1.54) is 19.3 Å². The zero-order valence-electron chi connectivity index (χ0n) is 16.0. The number of fused-ring (bicyclic) bond motifs is 2. The molecule has 0 unspecified atom stereocenters. The summed E-state index contributed by atoms with van der Waals surface area (Å²) in [5.41, 5.74) is 3.60. The minimum atomic E-state index is 0.548. The molecule has 1 aliphatic carbocycles. The molecule has 1 fully saturated rings. The van der Waals surface area contributed by atoms with Gasteiger partial charge in [-0.2, -0.15) is 0 Å². The topological polar surface area (TPSA) is 55.1 Å². The van der Waals surface area contributed by atoms with E-state index >= 15 is 0 Å². The van der Waals surface area contributed by atoms with Crippen LogP contribution in [0, 0.1) is 0 Å². The third-order valence-corrected chi connectivity index (χ3v) is 6.97. The monoisotopic (exact) mass is 431 g/mol. The molecule has 0 bridgehead atoms. The Morgan fingerprint density at radius 1 is 1.13 bits per heavy atom. The highest BCUT2D eigenvalue weighted by atomic mass is 35.5. The Morgan fingerprint density at radius 3 is 2.87 bits per heavy atom. The number of anilines is 2. The molecular weight excluding hydrogens is 414 g/mol. The molecule has 0 atom stereocenters. The molecule has 5 aromatic rings. The first-order chi connectivity index (χ1) is 14.8. The number of benzene rings is 1. The van der Waals surface area contributed by atoms with E-state index in [2.05, 4.69) is 37.2 Å². The van der Waals surface area contributed by atoms with Gasteiger partial charge in [0.15, 0.2) is 5.82 Å². The lowest BCUT2D eigenvalue weighted by Crippen LogP contribution is -2.12. The normalized spacial score (nSPS) is 14.3. The molecule has 6 rings (SSSR count). The minimum Gasteiger partial charge on any atom is -0.337 e. The number of pyridine rings is 1.